The largest absolute Gasteiger partial charge is 0.317 e. The number of aryl methyl sites for hydroxylation is 1. The molecule has 0 aliphatic rings. The fourth-order valence-electron chi connectivity index (χ4n) is 2.09. The van der Waals surface area contributed by atoms with E-state index < -0.39 is 0 Å². The smallest absolute Gasteiger partial charge is 0.146 e. The summed E-state index contributed by atoms with van der Waals surface area (Å²) in [4.78, 5) is 0. The van der Waals surface area contributed by atoms with Crippen LogP contribution < -0.4 is 5.32 Å². The fraction of sp³-hybridized carbons (Fsp3) is 0.429. The summed E-state index contributed by atoms with van der Waals surface area (Å²) in [5, 5.41) is 12.4. The number of rotatable bonds is 6. The molecule has 0 aliphatic carbocycles. The Morgan fingerprint density at radius 1 is 1.26 bits per heavy atom. The van der Waals surface area contributed by atoms with Crippen LogP contribution in [-0.2, 0) is 13.1 Å². The van der Waals surface area contributed by atoms with E-state index in [1.54, 1.807) is 6.33 Å². The highest BCUT2D eigenvalue weighted by Crippen LogP contribution is 2.19. The van der Waals surface area contributed by atoms with Gasteiger partial charge in [-0.1, -0.05) is 30.7 Å². The van der Waals surface area contributed by atoms with E-state index in [2.05, 4.69) is 41.5 Å². The molecule has 0 saturated heterocycles. The molecule has 1 heterocycles. The molecule has 102 valence electrons. The second-order valence-corrected chi connectivity index (χ2v) is 4.86. The van der Waals surface area contributed by atoms with Gasteiger partial charge in [-0.15, -0.1) is 10.2 Å². The fourth-order valence-corrected chi connectivity index (χ4v) is 2.21. The molecule has 4 nitrogen and oxygen atoms in total. The minimum atomic E-state index is 0.305. The molecule has 2 rings (SSSR count). The van der Waals surface area contributed by atoms with E-state index >= 15 is 0 Å². The molecule has 0 radical (unpaired) electrons. The average molecular weight is 279 g/mol. The molecule has 0 fully saturated rings. The van der Waals surface area contributed by atoms with Gasteiger partial charge in [-0.3, -0.25) is 0 Å². The van der Waals surface area contributed by atoms with Gasteiger partial charge in [-0.05, 0) is 31.0 Å². The van der Waals surface area contributed by atoms with Crippen LogP contribution in [0.25, 0.3) is 0 Å². The van der Waals surface area contributed by atoms with Crippen LogP contribution in [0.3, 0.4) is 0 Å². The molecule has 0 bridgehead atoms. The third-order valence-electron chi connectivity index (χ3n) is 3.22. The van der Waals surface area contributed by atoms with Gasteiger partial charge in [0.2, 0.25) is 0 Å². The summed E-state index contributed by atoms with van der Waals surface area (Å²) < 4.78 is 2.04. The van der Waals surface area contributed by atoms with Gasteiger partial charge < -0.3 is 9.88 Å². The molecule has 0 saturated carbocycles. The minimum Gasteiger partial charge on any atom is -0.317 e. The predicted molar refractivity (Wildman–Crippen MR) is 77.0 cm³/mol. The van der Waals surface area contributed by atoms with E-state index in [4.69, 9.17) is 11.6 Å². The quantitative estimate of drug-likeness (QED) is 0.882. The second kappa shape index (κ2) is 6.68. The van der Waals surface area contributed by atoms with E-state index in [-0.39, 0.29) is 0 Å². The highest BCUT2D eigenvalue weighted by atomic mass is 35.5. The summed E-state index contributed by atoms with van der Waals surface area (Å²) in [6, 6.07) is 8.28. The molecule has 1 N–H and O–H groups in total. The molecule has 19 heavy (non-hydrogen) atoms. The van der Waals surface area contributed by atoms with Crippen molar-refractivity contribution in [3.05, 3.63) is 47.0 Å². The molecule has 0 amide bonds. The number of aromatic nitrogens is 3. The van der Waals surface area contributed by atoms with Crippen molar-refractivity contribution in [3.63, 3.8) is 0 Å². The van der Waals surface area contributed by atoms with Crippen molar-refractivity contribution in [2.24, 2.45) is 0 Å². The van der Waals surface area contributed by atoms with Crippen molar-refractivity contribution in [3.8, 4) is 0 Å². The highest BCUT2D eigenvalue weighted by Gasteiger charge is 2.10. The zero-order valence-corrected chi connectivity index (χ0v) is 12.1. The Kier molecular flexibility index (Phi) is 4.93. The van der Waals surface area contributed by atoms with E-state index in [1.165, 1.54) is 5.56 Å². The van der Waals surface area contributed by atoms with E-state index in [0.29, 0.717) is 6.04 Å². The number of hydrogen-bond acceptors (Lipinski definition) is 3. The van der Waals surface area contributed by atoms with Gasteiger partial charge in [-0.25, -0.2) is 0 Å². The molecular formula is C14H19ClN4. The molecule has 1 atom stereocenters. The summed E-state index contributed by atoms with van der Waals surface area (Å²) in [5.74, 6) is 0.968. The third kappa shape index (κ3) is 3.55. The molecule has 1 unspecified atom stereocenters. The normalized spacial score (nSPS) is 12.6. The Hall–Kier alpha value is -1.39. The molecule has 2 aromatic rings. The Morgan fingerprint density at radius 2 is 2.00 bits per heavy atom. The average Bonchev–Trinajstić information content (AvgIpc) is 2.89. The Bertz CT molecular complexity index is 506. The zero-order chi connectivity index (χ0) is 13.7. The minimum absolute atomic E-state index is 0.305. The molecular weight excluding hydrogens is 260 g/mol. The lowest BCUT2D eigenvalue weighted by atomic mass is 10.0. The van der Waals surface area contributed by atoms with Crippen molar-refractivity contribution < 1.29 is 0 Å². The first-order chi connectivity index (χ1) is 9.24. The van der Waals surface area contributed by atoms with Crippen LogP contribution in [0.15, 0.2) is 30.6 Å². The monoisotopic (exact) mass is 278 g/mol. The van der Waals surface area contributed by atoms with E-state index in [0.717, 1.165) is 30.4 Å². The van der Waals surface area contributed by atoms with E-state index in [1.807, 2.05) is 16.7 Å². The lowest BCUT2D eigenvalue weighted by Crippen LogP contribution is -2.22. The zero-order valence-electron chi connectivity index (χ0n) is 11.3. The predicted octanol–water partition coefficient (Wildman–Crippen LogP) is 3.19. The summed E-state index contributed by atoms with van der Waals surface area (Å²) in [7, 11) is 0. The number of nitrogens with one attached hydrogen (secondary N) is 1. The molecule has 1 aromatic heterocycles. The van der Waals surface area contributed by atoms with Gasteiger partial charge in [0.25, 0.3) is 0 Å². The summed E-state index contributed by atoms with van der Waals surface area (Å²) in [5.41, 5.74) is 1.24. The van der Waals surface area contributed by atoms with E-state index in [9.17, 15) is 0 Å². The van der Waals surface area contributed by atoms with Gasteiger partial charge in [0.05, 0.1) is 6.54 Å². The Balaban J connectivity index is 2.01. The molecule has 1 aromatic carbocycles. The summed E-state index contributed by atoms with van der Waals surface area (Å²) >= 11 is 5.92. The van der Waals surface area contributed by atoms with Crippen LogP contribution in [0.2, 0.25) is 5.02 Å². The first-order valence-corrected chi connectivity index (χ1v) is 6.98. The molecule has 0 aliphatic heterocycles. The van der Waals surface area contributed by atoms with Gasteiger partial charge >= 0.3 is 0 Å². The summed E-state index contributed by atoms with van der Waals surface area (Å²) in [6.07, 6.45) is 2.78. The van der Waals surface area contributed by atoms with Crippen LogP contribution in [0.5, 0.6) is 0 Å². The SMILES string of the molecule is CCC(NCc1nncn1CC)c1ccc(Cl)cc1. The van der Waals surface area contributed by atoms with Crippen LogP contribution in [0.4, 0.5) is 0 Å². The van der Waals surface area contributed by atoms with Crippen LogP contribution in [-0.4, -0.2) is 14.8 Å². The van der Waals surface area contributed by atoms with Crippen LogP contribution >= 0.6 is 11.6 Å². The van der Waals surface area contributed by atoms with Crippen LogP contribution in [0, 0.1) is 0 Å². The van der Waals surface area contributed by atoms with Crippen LogP contribution in [0.1, 0.15) is 37.7 Å². The van der Waals surface area contributed by atoms with Crippen molar-refractivity contribution in [2.75, 3.05) is 0 Å². The molecule has 5 heteroatoms. The maximum Gasteiger partial charge on any atom is 0.146 e. The number of nitrogens with zero attached hydrogens (tertiary/aromatic N) is 3. The van der Waals surface area contributed by atoms with Crippen molar-refractivity contribution >= 4 is 11.6 Å². The number of hydrogen-bond donors (Lipinski definition) is 1. The topological polar surface area (TPSA) is 42.7 Å². The van der Waals surface area contributed by atoms with Gasteiger partial charge in [0, 0.05) is 17.6 Å². The standard InChI is InChI=1S/C14H19ClN4/c1-3-13(11-5-7-12(15)8-6-11)16-9-14-18-17-10-19(14)4-2/h5-8,10,13,16H,3-4,9H2,1-2H3. The third-order valence-corrected chi connectivity index (χ3v) is 3.48. The first kappa shape index (κ1) is 14.0. The van der Waals surface area contributed by atoms with Gasteiger partial charge in [0.1, 0.15) is 12.2 Å². The number of halogens is 1. The van der Waals surface area contributed by atoms with Gasteiger partial charge in [0.15, 0.2) is 0 Å². The van der Waals surface area contributed by atoms with Gasteiger partial charge in [-0.2, -0.15) is 0 Å². The first-order valence-electron chi connectivity index (χ1n) is 6.60. The Morgan fingerprint density at radius 3 is 2.63 bits per heavy atom. The highest BCUT2D eigenvalue weighted by molar-refractivity contribution is 6.30. The van der Waals surface area contributed by atoms with Crippen molar-refractivity contribution in [1.29, 1.82) is 0 Å². The van der Waals surface area contributed by atoms with Crippen molar-refractivity contribution in [1.82, 2.24) is 20.1 Å². The Labute approximate surface area is 118 Å². The maximum absolute atomic E-state index is 5.92. The van der Waals surface area contributed by atoms with Crippen molar-refractivity contribution in [2.45, 2.75) is 39.4 Å². The second-order valence-electron chi connectivity index (χ2n) is 4.43. The lowest BCUT2D eigenvalue weighted by Gasteiger charge is -2.17. The maximum atomic E-state index is 5.92. The summed E-state index contributed by atoms with van der Waals surface area (Å²) in [6.45, 7) is 5.86. The number of benzene rings is 1. The molecule has 0 spiro atoms. The lowest BCUT2D eigenvalue weighted by molar-refractivity contribution is 0.496.